The number of anilines is 1. The lowest BCUT2D eigenvalue weighted by Crippen LogP contribution is -2.41. The molecule has 1 amide bonds. The van der Waals surface area contributed by atoms with Crippen molar-refractivity contribution in [1.82, 2.24) is 9.62 Å². The molecule has 4 rings (SSSR count). The molecule has 3 aromatic carbocycles. The molecule has 214 valence electrons. The Morgan fingerprint density at radius 2 is 1.52 bits per heavy atom. The maximum atomic E-state index is 13.0. The van der Waals surface area contributed by atoms with Crippen LogP contribution in [0.4, 0.5) is 10.1 Å². The zero-order valence-electron chi connectivity index (χ0n) is 21.8. The Morgan fingerprint density at radius 1 is 0.925 bits per heavy atom. The second-order valence-electron chi connectivity index (χ2n) is 9.12. The van der Waals surface area contributed by atoms with E-state index in [1.165, 1.54) is 40.7 Å². The average Bonchev–Trinajstić information content (AvgIpc) is 2.95. The summed E-state index contributed by atoms with van der Waals surface area (Å²) in [7, 11) is -7.58. The van der Waals surface area contributed by atoms with Gasteiger partial charge in [-0.1, -0.05) is 24.3 Å². The van der Waals surface area contributed by atoms with Crippen LogP contribution in [0.15, 0.2) is 77.7 Å². The van der Waals surface area contributed by atoms with Gasteiger partial charge in [-0.05, 0) is 59.7 Å². The standard InChI is InChI=1S/C27H30FN3O7S2/c1-39(33,34)31(24-8-12-26(13-9-24)40(35,36)30-14-16-37-17-15-30)19-27(32)29-18-21-4-10-25(11-5-21)38-20-22-2-6-23(28)7-3-22/h2-13H,14-20H2,1H3,(H,29,32). The van der Waals surface area contributed by atoms with Crippen LogP contribution in [0.5, 0.6) is 5.75 Å². The number of benzene rings is 3. The lowest BCUT2D eigenvalue weighted by molar-refractivity contribution is -0.119. The molecule has 1 aliphatic heterocycles. The molecule has 0 radical (unpaired) electrons. The van der Waals surface area contributed by atoms with Crippen molar-refractivity contribution >= 4 is 31.6 Å². The smallest absolute Gasteiger partial charge is 0.243 e. The van der Waals surface area contributed by atoms with E-state index in [9.17, 15) is 26.0 Å². The number of rotatable bonds is 11. The molecule has 0 aromatic heterocycles. The summed E-state index contributed by atoms with van der Waals surface area (Å²) in [6, 6.07) is 18.4. The van der Waals surface area contributed by atoms with Crippen LogP contribution in [0, 0.1) is 5.82 Å². The van der Waals surface area contributed by atoms with Gasteiger partial charge in [0.05, 0.1) is 30.1 Å². The molecule has 0 unspecified atom stereocenters. The van der Waals surface area contributed by atoms with Gasteiger partial charge in [-0.2, -0.15) is 4.31 Å². The van der Waals surface area contributed by atoms with E-state index in [1.807, 2.05) is 0 Å². The first kappa shape index (κ1) is 29.5. The van der Waals surface area contributed by atoms with E-state index in [0.29, 0.717) is 19.0 Å². The SMILES string of the molecule is CS(=O)(=O)N(CC(=O)NCc1ccc(OCc2ccc(F)cc2)cc1)c1ccc(S(=O)(=O)N2CCOCC2)cc1. The second-order valence-corrected chi connectivity index (χ2v) is 13.0. The minimum absolute atomic E-state index is 0.0288. The molecule has 0 aliphatic carbocycles. The highest BCUT2D eigenvalue weighted by Crippen LogP contribution is 2.23. The second kappa shape index (κ2) is 12.8. The highest BCUT2D eigenvalue weighted by atomic mass is 32.2. The lowest BCUT2D eigenvalue weighted by Gasteiger charge is -2.26. The molecule has 3 aromatic rings. The number of nitrogens with zero attached hydrogens (tertiary/aromatic N) is 2. The van der Waals surface area contributed by atoms with E-state index in [0.717, 1.165) is 21.7 Å². The summed E-state index contributed by atoms with van der Waals surface area (Å²) in [5.74, 6) is -0.253. The summed E-state index contributed by atoms with van der Waals surface area (Å²) in [6.45, 7) is 1.06. The zero-order chi connectivity index (χ0) is 28.8. The van der Waals surface area contributed by atoms with Crippen LogP contribution in [0.25, 0.3) is 0 Å². The fourth-order valence-electron chi connectivity index (χ4n) is 3.96. The Kier molecular flexibility index (Phi) is 9.40. The molecule has 0 bridgehead atoms. The number of amides is 1. The molecule has 40 heavy (non-hydrogen) atoms. The molecule has 13 heteroatoms. The number of ether oxygens (including phenoxy) is 2. The van der Waals surface area contributed by atoms with Gasteiger partial charge in [-0.3, -0.25) is 9.10 Å². The van der Waals surface area contributed by atoms with Crippen LogP contribution >= 0.6 is 0 Å². The summed E-state index contributed by atoms with van der Waals surface area (Å²) in [6.07, 6.45) is 0.976. The molecule has 1 heterocycles. The number of hydrogen-bond acceptors (Lipinski definition) is 7. The fourth-order valence-corrected chi connectivity index (χ4v) is 6.22. The molecule has 0 atom stereocenters. The highest BCUT2D eigenvalue weighted by Gasteiger charge is 2.27. The highest BCUT2D eigenvalue weighted by molar-refractivity contribution is 7.92. The molecular weight excluding hydrogens is 561 g/mol. The molecule has 1 saturated heterocycles. The van der Waals surface area contributed by atoms with Crippen LogP contribution in [0.2, 0.25) is 0 Å². The third-order valence-corrected chi connectivity index (χ3v) is 9.21. The molecule has 1 aliphatic rings. The number of carbonyl (C=O) groups is 1. The number of carbonyl (C=O) groups excluding carboxylic acids is 1. The van der Waals surface area contributed by atoms with Crippen molar-refractivity contribution in [1.29, 1.82) is 0 Å². The van der Waals surface area contributed by atoms with E-state index < -0.39 is 32.5 Å². The first-order chi connectivity index (χ1) is 19.0. The molecular formula is C27H30FN3O7S2. The van der Waals surface area contributed by atoms with Gasteiger partial charge in [0.1, 0.15) is 24.7 Å². The summed E-state index contributed by atoms with van der Waals surface area (Å²) in [5, 5.41) is 2.70. The van der Waals surface area contributed by atoms with Crippen molar-refractivity contribution in [3.05, 3.63) is 89.7 Å². The normalized spacial score (nSPS) is 14.4. The Labute approximate surface area is 233 Å². The summed E-state index contributed by atoms with van der Waals surface area (Å²) in [5.41, 5.74) is 1.76. The largest absolute Gasteiger partial charge is 0.489 e. The number of halogens is 1. The molecule has 10 nitrogen and oxygen atoms in total. The molecule has 1 fully saturated rings. The topological polar surface area (TPSA) is 122 Å². The van der Waals surface area contributed by atoms with Crippen molar-refractivity contribution < 1.29 is 35.5 Å². The van der Waals surface area contributed by atoms with Gasteiger partial charge in [0, 0.05) is 19.6 Å². The fraction of sp³-hybridized carbons (Fsp3) is 0.296. The minimum atomic E-state index is -3.84. The predicted molar refractivity (Wildman–Crippen MR) is 147 cm³/mol. The van der Waals surface area contributed by atoms with Crippen LogP contribution in [0.3, 0.4) is 0 Å². The summed E-state index contributed by atoms with van der Waals surface area (Å²) >= 11 is 0. The van der Waals surface area contributed by atoms with Gasteiger partial charge in [0.2, 0.25) is 26.0 Å². The van der Waals surface area contributed by atoms with Gasteiger partial charge >= 0.3 is 0 Å². The van der Waals surface area contributed by atoms with Crippen LogP contribution in [0.1, 0.15) is 11.1 Å². The van der Waals surface area contributed by atoms with E-state index in [1.54, 1.807) is 36.4 Å². The van der Waals surface area contributed by atoms with Gasteiger partial charge in [0.25, 0.3) is 0 Å². The number of nitrogens with one attached hydrogen (secondary N) is 1. The van der Waals surface area contributed by atoms with Crippen LogP contribution in [-0.4, -0.2) is 66.2 Å². The first-order valence-corrected chi connectivity index (χ1v) is 15.7. The van der Waals surface area contributed by atoms with E-state index in [4.69, 9.17) is 9.47 Å². The summed E-state index contributed by atoms with van der Waals surface area (Å²) < 4.78 is 76.8. The van der Waals surface area contributed by atoms with Crippen molar-refractivity contribution in [2.24, 2.45) is 0 Å². The number of hydrogen-bond donors (Lipinski definition) is 1. The first-order valence-electron chi connectivity index (χ1n) is 12.4. The maximum Gasteiger partial charge on any atom is 0.243 e. The van der Waals surface area contributed by atoms with Gasteiger partial charge < -0.3 is 14.8 Å². The van der Waals surface area contributed by atoms with Gasteiger partial charge in [-0.15, -0.1) is 0 Å². The van der Waals surface area contributed by atoms with E-state index >= 15 is 0 Å². The molecule has 0 spiro atoms. The zero-order valence-corrected chi connectivity index (χ0v) is 23.5. The Morgan fingerprint density at radius 3 is 2.12 bits per heavy atom. The van der Waals surface area contributed by atoms with Crippen molar-refractivity contribution in [2.45, 2.75) is 18.0 Å². The average molecular weight is 592 g/mol. The third kappa shape index (κ3) is 7.78. The van der Waals surface area contributed by atoms with Gasteiger partial charge in [-0.25, -0.2) is 21.2 Å². The minimum Gasteiger partial charge on any atom is -0.489 e. The monoisotopic (exact) mass is 591 g/mol. The predicted octanol–water partition coefficient (Wildman–Crippen LogP) is 2.51. The number of sulfonamides is 2. The molecule has 1 N–H and O–H groups in total. The van der Waals surface area contributed by atoms with Crippen molar-refractivity contribution in [3.8, 4) is 5.75 Å². The van der Waals surface area contributed by atoms with E-state index in [-0.39, 0.29) is 42.6 Å². The van der Waals surface area contributed by atoms with Crippen LogP contribution in [-0.2, 0) is 42.7 Å². The summed E-state index contributed by atoms with van der Waals surface area (Å²) in [4.78, 5) is 12.7. The Bertz CT molecular complexity index is 1510. The van der Waals surface area contributed by atoms with Crippen molar-refractivity contribution in [2.75, 3.05) is 43.4 Å². The quantitative estimate of drug-likeness (QED) is 0.364. The van der Waals surface area contributed by atoms with Crippen molar-refractivity contribution in [3.63, 3.8) is 0 Å². The molecule has 0 saturated carbocycles. The lowest BCUT2D eigenvalue weighted by atomic mass is 10.2. The Balaban J connectivity index is 1.33. The third-order valence-electron chi connectivity index (χ3n) is 6.15. The van der Waals surface area contributed by atoms with E-state index in [2.05, 4.69) is 5.32 Å². The van der Waals surface area contributed by atoms with Gasteiger partial charge in [0.15, 0.2) is 0 Å². The Hall–Kier alpha value is -3.52. The van der Waals surface area contributed by atoms with Crippen LogP contribution < -0.4 is 14.4 Å². The maximum absolute atomic E-state index is 13.0. The number of morpholine rings is 1.